The van der Waals surface area contributed by atoms with Gasteiger partial charge >= 0.3 is 0 Å². The minimum absolute atomic E-state index is 0.0942. The summed E-state index contributed by atoms with van der Waals surface area (Å²) < 4.78 is 11.6. The molecule has 0 radical (unpaired) electrons. The summed E-state index contributed by atoms with van der Waals surface area (Å²) in [4.78, 5) is 0. The van der Waals surface area contributed by atoms with Gasteiger partial charge in [-0.3, -0.25) is 5.10 Å². The quantitative estimate of drug-likeness (QED) is 0.379. The number of aromatic amines is 1. The third kappa shape index (κ3) is 3.66. The number of halogens is 1. The average Bonchev–Trinajstić information content (AvgIpc) is 3.22. The van der Waals surface area contributed by atoms with E-state index in [2.05, 4.69) is 15.5 Å². The molecule has 6 nitrogen and oxygen atoms in total. The Bertz CT molecular complexity index is 987. The standard InChI is InChI=1S/C21H22ClN3O3/c1-2-27-18-10-13-9-17-20(16(13)12-19(18)28-8-4-7-26)24-25-21(17)23-15-6-3-5-14(22)11-15/h3,5-6,10-12,26H,2,4,7-9H2,1H3,(H2,23,24,25). The number of aromatic nitrogens is 2. The fourth-order valence-corrected chi connectivity index (χ4v) is 3.55. The second-order valence-corrected chi connectivity index (χ2v) is 6.99. The van der Waals surface area contributed by atoms with Crippen LogP contribution in [0.3, 0.4) is 0 Å². The maximum atomic E-state index is 9.00. The Kier molecular flexibility index (Phi) is 5.41. The maximum Gasteiger partial charge on any atom is 0.161 e. The fourth-order valence-electron chi connectivity index (χ4n) is 3.36. The number of rotatable bonds is 8. The fraction of sp³-hybridized carbons (Fsp3) is 0.286. The van der Waals surface area contributed by atoms with E-state index in [9.17, 15) is 0 Å². The van der Waals surface area contributed by atoms with Crippen LogP contribution in [-0.4, -0.2) is 35.1 Å². The number of ether oxygens (including phenoxy) is 2. The van der Waals surface area contributed by atoms with Crippen molar-refractivity contribution in [2.75, 3.05) is 25.1 Å². The van der Waals surface area contributed by atoms with Gasteiger partial charge in [-0.2, -0.15) is 5.10 Å². The van der Waals surface area contributed by atoms with Crippen molar-refractivity contribution in [2.45, 2.75) is 19.8 Å². The first-order valence-electron chi connectivity index (χ1n) is 9.33. The first kappa shape index (κ1) is 18.7. The number of aliphatic hydroxyl groups is 1. The Morgan fingerprint density at radius 3 is 2.86 bits per heavy atom. The molecule has 0 unspecified atom stereocenters. The monoisotopic (exact) mass is 399 g/mol. The Morgan fingerprint density at radius 2 is 2.07 bits per heavy atom. The zero-order chi connectivity index (χ0) is 19.5. The zero-order valence-corrected chi connectivity index (χ0v) is 16.3. The summed E-state index contributed by atoms with van der Waals surface area (Å²) in [6.07, 6.45) is 1.32. The van der Waals surface area contributed by atoms with Gasteiger partial charge in [0.15, 0.2) is 11.5 Å². The largest absolute Gasteiger partial charge is 0.490 e. The molecule has 1 aliphatic rings. The summed E-state index contributed by atoms with van der Waals surface area (Å²) in [5, 5.41) is 20.6. The van der Waals surface area contributed by atoms with E-state index in [1.54, 1.807) is 0 Å². The van der Waals surface area contributed by atoms with Gasteiger partial charge < -0.3 is 19.9 Å². The van der Waals surface area contributed by atoms with Crippen LogP contribution in [0.15, 0.2) is 36.4 Å². The molecule has 0 amide bonds. The van der Waals surface area contributed by atoms with Crippen molar-refractivity contribution in [3.8, 4) is 22.8 Å². The number of hydrogen-bond acceptors (Lipinski definition) is 5. The van der Waals surface area contributed by atoms with Gasteiger partial charge in [0.1, 0.15) is 5.82 Å². The molecule has 1 aromatic heterocycles. The minimum atomic E-state index is 0.0942. The minimum Gasteiger partial charge on any atom is -0.490 e. The smallest absolute Gasteiger partial charge is 0.161 e. The highest BCUT2D eigenvalue weighted by Gasteiger charge is 2.27. The van der Waals surface area contributed by atoms with E-state index < -0.39 is 0 Å². The first-order valence-corrected chi connectivity index (χ1v) is 9.71. The van der Waals surface area contributed by atoms with Gasteiger partial charge in [0.05, 0.1) is 18.9 Å². The molecule has 28 heavy (non-hydrogen) atoms. The number of aliphatic hydroxyl groups excluding tert-OH is 1. The van der Waals surface area contributed by atoms with Gasteiger partial charge in [-0.05, 0) is 42.8 Å². The van der Waals surface area contributed by atoms with Gasteiger partial charge in [-0.25, -0.2) is 0 Å². The highest BCUT2D eigenvalue weighted by molar-refractivity contribution is 6.30. The van der Waals surface area contributed by atoms with Crippen LogP contribution in [0.2, 0.25) is 5.02 Å². The normalized spacial score (nSPS) is 11.8. The van der Waals surface area contributed by atoms with E-state index >= 15 is 0 Å². The van der Waals surface area contributed by atoms with Crippen molar-refractivity contribution in [1.82, 2.24) is 10.2 Å². The Labute approximate surface area is 168 Å². The Morgan fingerprint density at radius 1 is 1.21 bits per heavy atom. The van der Waals surface area contributed by atoms with Crippen LogP contribution >= 0.6 is 11.6 Å². The van der Waals surface area contributed by atoms with Gasteiger partial charge in [-0.15, -0.1) is 0 Å². The topological polar surface area (TPSA) is 79.4 Å². The summed E-state index contributed by atoms with van der Waals surface area (Å²) in [5.41, 5.74) is 5.10. The molecule has 0 atom stereocenters. The third-order valence-corrected chi connectivity index (χ3v) is 4.85. The number of hydrogen-bond donors (Lipinski definition) is 3. The van der Waals surface area contributed by atoms with E-state index in [1.807, 2.05) is 43.3 Å². The Balaban J connectivity index is 1.64. The molecule has 0 saturated heterocycles. The summed E-state index contributed by atoms with van der Waals surface area (Å²) in [7, 11) is 0. The molecular formula is C21H22ClN3O3. The SMILES string of the molecule is CCOc1cc2c(cc1OCCCO)-c1n[nH]c(Nc3cccc(Cl)c3)c1C2. The second kappa shape index (κ2) is 8.12. The lowest BCUT2D eigenvalue weighted by Crippen LogP contribution is -2.03. The number of nitrogens with one attached hydrogen (secondary N) is 2. The van der Waals surface area contributed by atoms with Crippen molar-refractivity contribution in [2.24, 2.45) is 0 Å². The van der Waals surface area contributed by atoms with Crippen molar-refractivity contribution in [1.29, 1.82) is 0 Å². The summed E-state index contributed by atoms with van der Waals surface area (Å²) >= 11 is 6.08. The van der Waals surface area contributed by atoms with Crippen LogP contribution in [0.4, 0.5) is 11.5 Å². The molecule has 0 fully saturated rings. The maximum absolute atomic E-state index is 9.00. The molecule has 0 saturated carbocycles. The van der Waals surface area contributed by atoms with Gasteiger partial charge in [-0.1, -0.05) is 17.7 Å². The predicted octanol–water partition coefficient (Wildman–Crippen LogP) is 4.54. The molecule has 1 aliphatic carbocycles. The van der Waals surface area contributed by atoms with Crippen LogP contribution in [0.25, 0.3) is 11.3 Å². The van der Waals surface area contributed by atoms with E-state index in [4.69, 9.17) is 26.2 Å². The molecular weight excluding hydrogens is 378 g/mol. The van der Waals surface area contributed by atoms with Crippen molar-refractivity contribution in [3.05, 3.63) is 52.5 Å². The van der Waals surface area contributed by atoms with Crippen LogP contribution in [-0.2, 0) is 6.42 Å². The van der Waals surface area contributed by atoms with Gasteiger partial charge in [0, 0.05) is 41.3 Å². The molecule has 1 heterocycles. The van der Waals surface area contributed by atoms with Crippen LogP contribution in [0, 0.1) is 0 Å². The first-order chi connectivity index (χ1) is 13.7. The molecule has 7 heteroatoms. The van der Waals surface area contributed by atoms with E-state index in [-0.39, 0.29) is 6.61 Å². The number of fused-ring (bicyclic) bond motifs is 3. The molecule has 0 bridgehead atoms. The van der Waals surface area contributed by atoms with Crippen LogP contribution in [0.5, 0.6) is 11.5 Å². The predicted molar refractivity (Wildman–Crippen MR) is 110 cm³/mol. The van der Waals surface area contributed by atoms with E-state index in [1.165, 1.54) is 0 Å². The van der Waals surface area contributed by atoms with Gasteiger partial charge in [0.25, 0.3) is 0 Å². The summed E-state index contributed by atoms with van der Waals surface area (Å²) in [5.74, 6) is 2.25. The Hall–Kier alpha value is -2.70. The zero-order valence-electron chi connectivity index (χ0n) is 15.6. The molecule has 4 rings (SSSR count). The van der Waals surface area contributed by atoms with Gasteiger partial charge in [0.2, 0.25) is 0 Å². The van der Waals surface area contributed by atoms with E-state index in [0.717, 1.165) is 46.1 Å². The third-order valence-electron chi connectivity index (χ3n) is 4.61. The summed E-state index contributed by atoms with van der Waals surface area (Å²) in [6, 6.07) is 11.6. The molecule has 0 spiro atoms. The number of nitrogens with zero attached hydrogens (tertiary/aromatic N) is 1. The lowest BCUT2D eigenvalue weighted by atomic mass is 10.1. The van der Waals surface area contributed by atoms with Crippen LogP contribution < -0.4 is 14.8 Å². The highest BCUT2D eigenvalue weighted by Crippen LogP contribution is 2.44. The lowest BCUT2D eigenvalue weighted by molar-refractivity contribution is 0.225. The molecule has 3 N–H and O–H groups in total. The molecule has 146 valence electrons. The van der Waals surface area contributed by atoms with Crippen molar-refractivity contribution < 1.29 is 14.6 Å². The number of benzene rings is 2. The second-order valence-electron chi connectivity index (χ2n) is 6.55. The lowest BCUT2D eigenvalue weighted by Gasteiger charge is -2.14. The number of H-pyrrole nitrogens is 1. The van der Waals surface area contributed by atoms with E-state index in [0.29, 0.717) is 30.4 Å². The van der Waals surface area contributed by atoms with Crippen molar-refractivity contribution >= 4 is 23.1 Å². The average molecular weight is 400 g/mol. The molecule has 2 aromatic carbocycles. The highest BCUT2D eigenvalue weighted by atomic mass is 35.5. The van der Waals surface area contributed by atoms with Crippen molar-refractivity contribution in [3.63, 3.8) is 0 Å². The van der Waals surface area contributed by atoms with Crippen LogP contribution in [0.1, 0.15) is 24.5 Å². The summed E-state index contributed by atoms with van der Waals surface area (Å²) in [6.45, 7) is 3.03. The molecule has 0 aliphatic heterocycles. The number of anilines is 2. The molecule has 3 aromatic rings.